The Morgan fingerprint density at radius 3 is 2.70 bits per heavy atom. The number of methoxy groups -OCH3 is 1. The summed E-state index contributed by atoms with van der Waals surface area (Å²) in [6, 6.07) is 9.71. The summed E-state index contributed by atoms with van der Waals surface area (Å²) in [5.74, 6) is 0.897. The summed E-state index contributed by atoms with van der Waals surface area (Å²) in [7, 11) is 1.60. The summed E-state index contributed by atoms with van der Waals surface area (Å²) >= 11 is 1.40. The van der Waals surface area contributed by atoms with Gasteiger partial charge in [-0.05, 0) is 25.0 Å². The van der Waals surface area contributed by atoms with Crippen LogP contribution in [-0.2, 0) is 4.79 Å². The van der Waals surface area contributed by atoms with E-state index in [1.807, 2.05) is 38.1 Å². The lowest BCUT2D eigenvalue weighted by Crippen LogP contribution is -2.49. The first kappa shape index (κ1) is 16.4. The van der Waals surface area contributed by atoms with Crippen molar-refractivity contribution in [3.05, 3.63) is 24.3 Å². The summed E-state index contributed by atoms with van der Waals surface area (Å²) in [6.45, 7) is 5.57. The van der Waals surface area contributed by atoms with Gasteiger partial charge in [-0.2, -0.15) is 5.26 Å². The Morgan fingerprint density at radius 2 is 2.15 bits per heavy atom. The largest absolute Gasteiger partial charge is 0.496 e. The number of nitriles is 1. The van der Waals surface area contributed by atoms with Crippen molar-refractivity contribution in [3.63, 3.8) is 0 Å². The lowest BCUT2D eigenvalue weighted by atomic mass is 9.90. The number of hydrogen-bond donors (Lipinski definition) is 1. The molecule has 1 aromatic carbocycles. The molecule has 20 heavy (non-hydrogen) atoms. The molecule has 0 aliphatic rings. The highest BCUT2D eigenvalue weighted by atomic mass is 32.2. The standard InChI is InChI=1S/C15H20N2O2S/c1-11(2)15(3,10-16)17-14(18)9-20-13-8-6-5-7-12(13)19-4/h5-8,11H,9H2,1-4H3,(H,17,18)/t15-/m1/s1. The third kappa shape index (κ3) is 4.17. The van der Waals surface area contributed by atoms with Gasteiger partial charge >= 0.3 is 0 Å². The lowest BCUT2D eigenvalue weighted by Gasteiger charge is -2.27. The fraction of sp³-hybridized carbons (Fsp3) is 0.467. The smallest absolute Gasteiger partial charge is 0.231 e. The van der Waals surface area contributed by atoms with Gasteiger partial charge in [0.15, 0.2) is 0 Å². The number of hydrogen-bond acceptors (Lipinski definition) is 4. The van der Waals surface area contributed by atoms with Crippen molar-refractivity contribution >= 4 is 17.7 Å². The minimum Gasteiger partial charge on any atom is -0.496 e. The Hall–Kier alpha value is -1.67. The van der Waals surface area contributed by atoms with Gasteiger partial charge in [0, 0.05) is 4.90 Å². The molecule has 0 aliphatic carbocycles. The molecular formula is C15H20N2O2S. The molecule has 0 radical (unpaired) electrons. The van der Waals surface area contributed by atoms with Crippen molar-refractivity contribution in [2.45, 2.75) is 31.2 Å². The van der Waals surface area contributed by atoms with Crippen LogP contribution in [0.2, 0.25) is 0 Å². The van der Waals surface area contributed by atoms with Gasteiger partial charge < -0.3 is 10.1 Å². The van der Waals surface area contributed by atoms with Gasteiger partial charge in [0.05, 0.1) is 18.9 Å². The Balaban J connectivity index is 2.62. The molecule has 0 aromatic heterocycles. The van der Waals surface area contributed by atoms with E-state index < -0.39 is 5.54 Å². The average molecular weight is 292 g/mol. The predicted molar refractivity (Wildman–Crippen MR) is 80.7 cm³/mol. The number of carbonyl (C=O) groups excluding carboxylic acids is 1. The molecule has 1 rings (SSSR count). The summed E-state index contributed by atoms with van der Waals surface area (Å²) in [5.41, 5.74) is -0.835. The van der Waals surface area contributed by atoms with Gasteiger partial charge in [-0.3, -0.25) is 4.79 Å². The van der Waals surface area contributed by atoms with E-state index >= 15 is 0 Å². The topological polar surface area (TPSA) is 62.1 Å². The summed E-state index contributed by atoms with van der Waals surface area (Å²) in [6.07, 6.45) is 0. The number of amides is 1. The monoisotopic (exact) mass is 292 g/mol. The molecule has 0 spiro atoms. The number of thioether (sulfide) groups is 1. The fourth-order valence-corrected chi connectivity index (χ4v) is 2.34. The van der Waals surface area contributed by atoms with E-state index in [2.05, 4.69) is 11.4 Å². The number of benzene rings is 1. The molecule has 0 bridgehead atoms. The van der Waals surface area contributed by atoms with Crippen molar-refractivity contribution in [1.82, 2.24) is 5.32 Å². The van der Waals surface area contributed by atoms with E-state index in [-0.39, 0.29) is 17.6 Å². The van der Waals surface area contributed by atoms with Gasteiger partial charge in [0.25, 0.3) is 0 Å². The molecule has 1 atom stereocenters. The van der Waals surface area contributed by atoms with E-state index in [0.29, 0.717) is 0 Å². The van der Waals surface area contributed by atoms with Gasteiger partial charge in [-0.1, -0.05) is 26.0 Å². The number of para-hydroxylation sites is 1. The molecule has 0 fully saturated rings. The zero-order valence-corrected chi connectivity index (χ0v) is 13.1. The Labute approximate surface area is 124 Å². The number of nitrogens with one attached hydrogen (secondary N) is 1. The predicted octanol–water partition coefficient (Wildman–Crippen LogP) is 2.84. The Morgan fingerprint density at radius 1 is 1.50 bits per heavy atom. The van der Waals surface area contributed by atoms with E-state index in [4.69, 9.17) is 4.74 Å². The second-order valence-electron chi connectivity index (χ2n) is 4.96. The van der Waals surface area contributed by atoms with Crippen molar-refractivity contribution < 1.29 is 9.53 Å². The number of carbonyl (C=O) groups is 1. The van der Waals surface area contributed by atoms with Gasteiger partial charge in [0.1, 0.15) is 11.3 Å². The van der Waals surface area contributed by atoms with Crippen LogP contribution in [-0.4, -0.2) is 24.3 Å². The molecule has 1 aromatic rings. The van der Waals surface area contributed by atoms with Crippen LogP contribution in [0.4, 0.5) is 0 Å². The molecule has 0 aliphatic heterocycles. The first-order valence-electron chi connectivity index (χ1n) is 6.41. The van der Waals surface area contributed by atoms with Crippen LogP contribution in [0.25, 0.3) is 0 Å². The molecule has 108 valence electrons. The minimum absolute atomic E-state index is 0.0488. The fourth-order valence-electron chi connectivity index (χ4n) is 1.51. The van der Waals surface area contributed by atoms with Crippen LogP contribution in [0.5, 0.6) is 5.75 Å². The molecule has 0 heterocycles. The minimum atomic E-state index is -0.835. The van der Waals surface area contributed by atoms with Crippen LogP contribution in [0.15, 0.2) is 29.2 Å². The third-order valence-corrected chi connectivity index (χ3v) is 4.27. The maximum absolute atomic E-state index is 12.0. The second-order valence-corrected chi connectivity index (χ2v) is 5.97. The molecule has 4 nitrogen and oxygen atoms in total. The van der Waals surface area contributed by atoms with Gasteiger partial charge in [-0.15, -0.1) is 11.8 Å². The van der Waals surface area contributed by atoms with Crippen molar-refractivity contribution in [1.29, 1.82) is 5.26 Å². The van der Waals surface area contributed by atoms with Crippen LogP contribution in [0.3, 0.4) is 0 Å². The van der Waals surface area contributed by atoms with Crippen LogP contribution >= 0.6 is 11.8 Å². The molecule has 1 amide bonds. The van der Waals surface area contributed by atoms with Crippen molar-refractivity contribution in [2.24, 2.45) is 5.92 Å². The van der Waals surface area contributed by atoms with E-state index in [0.717, 1.165) is 10.6 Å². The first-order chi connectivity index (χ1) is 9.42. The third-order valence-electron chi connectivity index (χ3n) is 3.21. The highest BCUT2D eigenvalue weighted by Crippen LogP contribution is 2.28. The van der Waals surface area contributed by atoms with Crippen molar-refractivity contribution in [3.8, 4) is 11.8 Å². The quantitative estimate of drug-likeness (QED) is 0.819. The lowest BCUT2D eigenvalue weighted by molar-refractivity contribution is -0.120. The maximum Gasteiger partial charge on any atom is 0.231 e. The SMILES string of the molecule is COc1ccccc1SCC(=O)N[C@](C)(C#N)C(C)C. The molecule has 0 saturated carbocycles. The summed E-state index contributed by atoms with van der Waals surface area (Å²) < 4.78 is 5.23. The van der Waals surface area contributed by atoms with Crippen LogP contribution in [0.1, 0.15) is 20.8 Å². The molecule has 0 saturated heterocycles. The zero-order chi connectivity index (χ0) is 15.2. The van der Waals surface area contributed by atoms with Crippen molar-refractivity contribution in [2.75, 3.05) is 12.9 Å². The Bertz CT molecular complexity index is 511. The molecule has 5 heteroatoms. The second kappa shape index (κ2) is 7.20. The zero-order valence-electron chi connectivity index (χ0n) is 12.3. The van der Waals surface area contributed by atoms with Gasteiger partial charge in [0.2, 0.25) is 5.91 Å². The normalized spacial score (nSPS) is 13.4. The highest BCUT2D eigenvalue weighted by molar-refractivity contribution is 8.00. The summed E-state index contributed by atoms with van der Waals surface area (Å²) in [4.78, 5) is 12.9. The number of nitrogens with zero attached hydrogens (tertiary/aromatic N) is 1. The van der Waals surface area contributed by atoms with E-state index in [1.54, 1.807) is 14.0 Å². The molecular weight excluding hydrogens is 272 g/mol. The van der Waals surface area contributed by atoms with E-state index in [1.165, 1.54) is 11.8 Å². The average Bonchev–Trinajstić information content (AvgIpc) is 2.45. The highest BCUT2D eigenvalue weighted by Gasteiger charge is 2.29. The first-order valence-corrected chi connectivity index (χ1v) is 7.39. The molecule has 1 N–H and O–H groups in total. The Kier molecular flexibility index (Phi) is 5.90. The van der Waals surface area contributed by atoms with Crippen LogP contribution < -0.4 is 10.1 Å². The van der Waals surface area contributed by atoms with Gasteiger partial charge in [-0.25, -0.2) is 0 Å². The van der Waals surface area contributed by atoms with Crippen LogP contribution in [0, 0.1) is 17.2 Å². The molecule has 0 unspecified atom stereocenters. The number of ether oxygens (including phenoxy) is 1. The summed E-state index contributed by atoms with van der Waals surface area (Å²) in [5, 5.41) is 12.0. The number of rotatable bonds is 6. The van der Waals surface area contributed by atoms with E-state index in [9.17, 15) is 10.1 Å². The maximum atomic E-state index is 12.0.